The number of carbonyl (C=O) groups excluding carboxylic acids is 1. The molecule has 28 heavy (non-hydrogen) atoms. The monoisotopic (exact) mass is 387 g/mol. The van der Waals surface area contributed by atoms with Crippen molar-refractivity contribution in [2.75, 3.05) is 13.7 Å². The molecule has 1 heterocycles. The average Bonchev–Trinajstić information content (AvgIpc) is 2.78. The third-order valence-electron chi connectivity index (χ3n) is 7.52. The zero-order chi connectivity index (χ0) is 19.3. The third kappa shape index (κ3) is 4.53. The van der Waals surface area contributed by atoms with E-state index in [9.17, 15) is 4.79 Å². The molecule has 156 valence electrons. The number of methoxy groups -OCH3 is 1. The molecule has 1 aliphatic heterocycles. The van der Waals surface area contributed by atoms with Gasteiger partial charge in [0.1, 0.15) is 6.10 Å². The standard InChI is InChI=1S/C24H37NO3/c1-27-20-13-11-18(12-14-20)23(28-24(26)19-8-3-2-4-9-19)22-21-10-6-5-7-17(21)15-16-25-22/h18-20,23H,2-16H2,1H3. The molecule has 0 bridgehead atoms. The van der Waals surface area contributed by atoms with E-state index in [0.29, 0.717) is 12.0 Å². The summed E-state index contributed by atoms with van der Waals surface area (Å²) in [5.41, 5.74) is 4.19. The van der Waals surface area contributed by atoms with Crippen LogP contribution in [-0.4, -0.2) is 37.5 Å². The van der Waals surface area contributed by atoms with Crippen LogP contribution in [0.2, 0.25) is 0 Å². The Bertz CT molecular complexity index is 609. The van der Waals surface area contributed by atoms with E-state index in [2.05, 4.69) is 0 Å². The van der Waals surface area contributed by atoms with Crippen LogP contribution in [0, 0.1) is 11.8 Å². The maximum Gasteiger partial charge on any atom is 0.309 e. The number of hydrogen-bond acceptors (Lipinski definition) is 4. The highest BCUT2D eigenvalue weighted by atomic mass is 16.5. The summed E-state index contributed by atoms with van der Waals surface area (Å²) in [6.45, 7) is 0.874. The summed E-state index contributed by atoms with van der Waals surface area (Å²) in [4.78, 5) is 18.0. The van der Waals surface area contributed by atoms with E-state index < -0.39 is 0 Å². The Hall–Kier alpha value is -1.16. The van der Waals surface area contributed by atoms with Crippen molar-refractivity contribution in [3.05, 3.63) is 11.1 Å². The molecule has 0 spiro atoms. The van der Waals surface area contributed by atoms with Crippen LogP contribution in [-0.2, 0) is 14.3 Å². The van der Waals surface area contributed by atoms with E-state index in [-0.39, 0.29) is 18.0 Å². The van der Waals surface area contributed by atoms with E-state index in [1.165, 1.54) is 44.1 Å². The molecule has 0 amide bonds. The number of carbonyl (C=O) groups is 1. The largest absolute Gasteiger partial charge is 0.455 e. The predicted molar refractivity (Wildman–Crippen MR) is 112 cm³/mol. The second-order valence-electron chi connectivity index (χ2n) is 9.27. The Labute approximate surface area is 170 Å². The normalized spacial score (nSPS) is 30.4. The quantitative estimate of drug-likeness (QED) is 0.594. The van der Waals surface area contributed by atoms with Gasteiger partial charge in [-0.15, -0.1) is 0 Å². The maximum absolute atomic E-state index is 13.1. The summed E-state index contributed by atoms with van der Waals surface area (Å²) in [6.07, 6.45) is 16.1. The summed E-state index contributed by atoms with van der Waals surface area (Å²) in [5.74, 6) is 0.548. The maximum atomic E-state index is 13.1. The van der Waals surface area contributed by atoms with E-state index >= 15 is 0 Å². The molecule has 4 rings (SSSR count). The van der Waals surface area contributed by atoms with Gasteiger partial charge in [0.05, 0.1) is 17.7 Å². The molecule has 4 heteroatoms. The van der Waals surface area contributed by atoms with Gasteiger partial charge >= 0.3 is 5.97 Å². The van der Waals surface area contributed by atoms with Crippen LogP contribution >= 0.6 is 0 Å². The van der Waals surface area contributed by atoms with Gasteiger partial charge in [-0.05, 0) is 76.2 Å². The van der Waals surface area contributed by atoms with E-state index in [1.54, 1.807) is 5.57 Å². The number of dihydropyridines is 1. The summed E-state index contributed by atoms with van der Waals surface area (Å²) in [7, 11) is 1.82. The molecule has 0 saturated heterocycles. The average molecular weight is 388 g/mol. The molecular weight excluding hydrogens is 350 g/mol. The fourth-order valence-corrected chi connectivity index (χ4v) is 5.78. The SMILES string of the molecule is COC1CCC(C(OC(=O)C2CCCCC2)C2=NCCC3=C2CCCC3)CC1. The van der Waals surface area contributed by atoms with Crippen LogP contribution in [0.5, 0.6) is 0 Å². The number of esters is 1. The predicted octanol–water partition coefficient (Wildman–Crippen LogP) is 5.40. The summed E-state index contributed by atoms with van der Waals surface area (Å²) >= 11 is 0. The van der Waals surface area contributed by atoms with E-state index in [0.717, 1.165) is 63.6 Å². The van der Waals surface area contributed by atoms with Gasteiger partial charge < -0.3 is 9.47 Å². The second kappa shape index (κ2) is 9.56. The fraction of sp³-hybridized carbons (Fsp3) is 0.833. The third-order valence-corrected chi connectivity index (χ3v) is 7.52. The van der Waals surface area contributed by atoms with Gasteiger partial charge in [-0.25, -0.2) is 0 Å². The lowest BCUT2D eigenvalue weighted by atomic mass is 9.77. The summed E-state index contributed by atoms with van der Waals surface area (Å²) in [6, 6.07) is 0. The van der Waals surface area contributed by atoms with Crippen molar-refractivity contribution in [2.24, 2.45) is 16.8 Å². The number of nitrogens with zero attached hydrogens (tertiary/aromatic N) is 1. The molecule has 2 fully saturated rings. The highest BCUT2D eigenvalue weighted by Gasteiger charge is 2.38. The van der Waals surface area contributed by atoms with Gasteiger partial charge in [-0.3, -0.25) is 9.79 Å². The first-order valence-corrected chi connectivity index (χ1v) is 11.7. The van der Waals surface area contributed by atoms with Crippen molar-refractivity contribution in [1.29, 1.82) is 0 Å². The molecule has 0 radical (unpaired) electrons. The molecule has 0 N–H and O–H groups in total. The van der Waals surface area contributed by atoms with Gasteiger partial charge in [-0.2, -0.15) is 0 Å². The smallest absolute Gasteiger partial charge is 0.309 e. The van der Waals surface area contributed by atoms with Gasteiger partial charge in [0.15, 0.2) is 0 Å². The first-order valence-electron chi connectivity index (χ1n) is 11.7. The Morgan fingerprint density at radius 2 is 1.68 bits per heavy atom. The van der Waals surface area contributed by atoms with Gasteiger partial charge in [0, 0.05) is 19.6 Å². The van der Waals surface area contributed by atoms with Gasteiger partial charge in [0.2, 0.25) is 0 Å². The van der Waals surface area contributed by atoms with Crippen LogP contribution in [0.25, 0.3) is 0 Å². The molecule has 3 aliphatic carbocycles. The molecule has 0 aromatic heterocycles. The van der Waals surface area contributed by atoms with Crippen LogP contribution in [0.1, 0.15) is 89.9 Å². The van der Waals surface area contributed by atoms with Crippen molar-refractivity contribution in [3.8, 4) is 0 Å². The van der Waals surface area contributed by atoms with Gasteiger partial charge in [0.25, 0.3) is 0 Å². The minimum Gasteiger partial charge on any atom is -0.455 e. The van der Waals surface area contributed by atoms with Crippen LogP contribution in [0.3, 0.4) is 0 Å². The molecule has 0 aromatic rings. The summed E-state index contributed by atoms with van der Waals surface area (Å²) in [5, 5.41) is 0. The summed E-state index contributed by atoms with van der Waals surface area (Å²) < 4.78 is 11.9. The Kier molecular flexibility index (Phi) is 6.87. The molecule has 4 nitrogen and oxygen atoms in total. The first-order chi connectivity index (χ1) is 13.8. The zero-order valence-electron chi connectivity index (χ0n) is 17.6. The van der Waals surface area contributed by atoms with Crippen LogP contribution in [0.4, 0.5) is 0 Å². The van der Waals surface area contributed by atoms with Crippen molar-refractivity contribution in [3.63, 3.8) is 0 Å². The second-order valence-corrected chi connectivity index (χ2v) is 9.27. The lowest BCUT2D eigenvalue weighted by Crippen LogP contribution is -2.41. The number of hydrogen-bond donors (Lipinski definition) is 0. The highest BCUT2D eigenvalue weighted by molar-refractivity contribution is 6.05. The lowest BCUT2D eigenvalue weighted by Gasteiger charge is -2.37. The molecule has 1 atom stereocenters. The number of rotatable bonds is 5. The highest BCUT2D eigenvalue weighted by Crippen LogP contribution is 2.38. The minimum atomic E-state index is -0.129. The van der Waals surface area contributed by atoms with Crippen molar-refractivity contribution in [1.82, 2.24) is 0 Å². The Balaban J connectivity index is 1.53. The van der Waals surface area contributed by atoms with Crippen molar-refractivity contribution in [2.45, 2.75) is 102 Å². The first kappa shape index (κ1) is 20.1. The Morgan fingerprint density at radius 3 is 2.43 bits per heavy atom. The van der Waals surface area contributed by atoms with Crippen LogP contribution < -0.4 is 0 Å². The van der Waals surface area contributed by atoms with E-state index in [1.807, 2.05) is 7.11 Å². The fourth-order valence-electron chi connectivity index (χ4n) is 5.78. The molecular formula is C24H37NO3. The molecule has 2 saturated carbocycles. The lowest BCUT2D eigenvalue weighted by molar-refractivity contribution is -0.155. The molecule has 4 aliphatic rings. The zero-order valence-corrected chi connectivity index (χ0v) is 17.6. The molecule has 0 aromatic carbocycles. The minimum absolute atomic E-state index is 0.0461. The van der Waals surface area contributed by atoms with Crippen LogP contribution in [0.15, 0.2) is 16.1 Å². The number of aliphatic imine (C=N–C) groups is 1. The van der Waals surface area contributed by atoms with E-state index in [4.69, 9.17) is 14.5 Å². The van der Waals surface area contributed by atoms with Crippen molar-refractivity contribution < 1.29 is 14.3 Å². The number of ether oxygens (including phenoxy) is 2. The molecule has 1 unspecified atom stereocenters. The topological polar surface area (TPSA) is 47.9 Å². The Morgan fingerprint density at radius 1 is 0.929 bits per heavy atom. The van der Waals surface area contributed by atoms with Gasteiger partial charge in [-0.1, -0.05) is 24.8 Å². The van der Waals surface area contributed by atoms with Crippen molar-refractivity contribution >= 4 is 11.7 Å².